The topological polar surface area (TPSA) is 59.0 Å². The molecule has 34 heavy (non-hydrogen) atoms. The second-order valence-corrected chi connectivity index (χ2v) is 8.88. The normalized spacial score (nSPS) is 16.7. The first-order valence-corrected chi connectivity index (χ1v) is 11.4. The average molecular weight is 496 g/mol. The molecule has 0 spiro atoms. The van der Waals surface area contributed by atoms with Crippen molar-refractivity contribution in [3.8, 4) is 11.5 Å². The molecule has 0 saturated carbocycles. The Morgan fingerprint density at radius 2 is 1.82 bits per heavy atom. The summed E-state index contributed by atoms with van der Waals surface area (Å²) in [5.41, 5.74) is 2.17. The van der Waals surface area contributed by atoms with Crippen molar-refractivity contribution in [2.45, 2.75) is 32.5 Å². The number of fused-ring (bicyclic) bond motifs is 1. The number of aryl methyl sites for hydroxylation is 1. The van der Waals surface area contributed by atoms with E-state index in [0.717, 1.165) is 35.6 Å². The number of rotatable bonds is 8. The number of hydrogen-bond acceptors (Lipinski definition) is 4. The van der Waals surface area contributed by atoms with Gasteiger partial charge >= 0.3 is 12.1 Å². The minimum absolute atomic E-state index is 0.0306. The number of hydrogen-bond donors (Lipinski definition) is 1. The second-order valence-electron chi connectivity index (χ2n) is 8.50. The molecule has 5 nitrogen and oxygen atoms in total. The fraction of sp³-hybridized carbons (Fsp3) is 0.400. The molecule has 182 valence electrons. The first-order valence-electron chi connectivity index (χ1n) is 11.1. The number of ether oxygens (including phenoxy) is 2. The number of carbonyl (C=O) groups is 1. The lowest BCUT2D eigenvalue weighted by Gasteiger charge is -2.38. The zero-order chi connectivity index (χ0) is 24.5. The van der Waals surface area contributed by atoms with Crippen molar-refractivity contribution in [2.24, 2.45) is 5.92 Å². The van der Waals surface area contributed by atoms with Crippen LogP contribution in [0.2, 0.25) is 0 Å². The van der Waals surface area contributed by atoms with Crippen LogP contribution in [0.25, 0.3) is 5.03 Å². The molecule has 0 aromatic heterocycles. The quantitative estimate of drug-likeness (QED) is 0.517. The third-order valence-electron chi connectivity index (χ3n) is 6.13. The molecule has 2 aromatic carbocycles. The molecule has 0 atom stereocenters. The van der Waals surface area contributed by atoms with Crippen LogP contribution in [0.15, 0.2) is 42.0 Å². The Kier molecular flexibility index (Phi) is 7.09. The molecule has 9 heteroatoms. The number of benzene rings is 2. The van der Waals surface area contributed by atoms with E-state index in [0.29, 0.717) is 30.4 Å². The number of aliphatic carboxylic acids is 1. The highest BCUT2D eigenvalue weighted by Gasteiger charge is 2.35. The van der Waals surface area contributed by atoms with Crippen molar-refractivity contribution in [2.75, 3.05) is 26.2 Å². The van der Waals surface area contributed by atoms with E-state index in [1.165, 1.54) is 12.1 Å². The van der Waals surface area contributed by atoms with Gasteiger partial charge < -0.3 is 14.6 Å². The summed E-state index contributed by atoms with van der Waals surface area (Å²) in [6, 6.07) is 9.23. The molecule has 0 amide bonds. The van der Waals surface area contributed by atoms with Crippen LogP contribution in [0, 0.1) is 5.92 Å². The van der Waals surface area contributed by atoms with E-state index >= 15 is 0 Å². The summed E-state index contributed by atoms with van der Waals surface area (Å²) in [5.74, 6) is -0.448. The van der Waals surface area contributed by atoms with Gasteiger partial charge in [-0.1, -0.05) is 17.7 Å². The van der Waals surface area contributed by atoms with Crippen molar-refractivity contribution >= 4 is 22.6 Å². The molecule has 2 aromatic rings. The average Bonchev–Trinajstić information content (AvgIpc) is 2.75. The van der Waals surface area contributed by atoms with Gasteiger partial charge in [0.25, 0.3) is 0 Å². The maximum absolute atomic E-state index is 13.5. The Morgan fingerprint density at radius 1 is 1.12 bits per heavy atom. The molecule has 1 fully saturated rings. The van der Waals surface area contributed by atoms with E-state index in [2.05, 4.69) is 4.90 Å². The Hall–Kier alpha value is -2.71. The lowest BCUT2D eigenvalue weighted by atomic mass is 9.90. The van der Waals surface area contributed by atoms with Crippen molar-refractivity contribution < 1.29 is 32.5 Å². The Labute approximate surface area is 200 Å². The van der Waals surface area contributed by atoms with Crippen LogP contribution in [0.5, 0.6) is 11.5 Å². The molecule has 1 saturated heterocycles. The van der Waals surface area contributed by atoms with Crippen molar-refractivity contribution in [1.82, 2.24) is 4.90 Å². The van der Waals surface area contributed by atoms with Gasteiger partial charge in [-0.25, -0.2) is 0 Å². The summed E-state index contributed by atoms with van der Waals surface area (Å²) >= 11 is 6.63. The number of alkyl halides is 3. The monoisotopic (exact) mass is 495 g/mol. The lowest BCUT2D eigenvalue weighted by molar-refractivity contribution is -0.147. The number of carboxylic acid groups (broad SMARTS) is 1. The predicted molar refractivity (Wildman–Crippen MR) is 122 cm³/mol. The maximum atomic E-state index is 13.5. The van der Waals surface area contributed by atoms with Crippen LogP contribution in [0.1, 0.15) is 35.6 Å². The SMILES string of the molecule is CCOc1ccc(COc2ccc3c(c2)CCC(CN2CC(C(=O)O)C2)=C3Cl)c(C(F)(F)F)c1. The summed E-state index contributed by atoms with van der Waals surface area (Å²) < 4.78 is 51.5. The first-order chi connectivity index (χ1) is 16.2. The Bertz CT molecular complexity index is 1110. The van der Waals surface area contributed by atoms with E-state index in [9.17, 15) is 18.0 Å². The number of halogens is 4. The highest BCUT2D eigenvalue weighted by atomic mass is 35.5. The van der Waals surface area contributed by atoms with Gasteiger partial charge in [-0.05, 0) is 66.8 Å². The van der Waals surface area contributed by atoms with Gasteiger partial charge in [0.05, 0.1) is 18.1 Å². The van der Waals surface area contributed by atoms with Gasteiger partial charge in [0, 0.05) is 30.2 Å². The van der Waals surface area contributed by atoms with E-state index in [1.807, 2.05) is 12.1 Å². The zero-order valence-corrected chi connectivity index (χ0v) is 19.4. The standard InChI is InChI=1S/C25H25ClF3NO4/c1-2-33-20-6-5-17(22(10-20)25(27,28)29)14-34-19-7-8-21-15(9-19)3-4-16(23(21)26)11-30-12-18(13-30)24(31)32/h5-10,18H,2-4,11-14H2,1H3,(H,31,32). The fourth-order valence-corrected chi connectivity index (χ4v) is 4.64. The molecule has 0 bridgehead atoms. The largest absolute Gasteiger partial charge is 0.494 e. The highest BCUT2D eigenvalue weighted by Crippen LogP contribution is 2.38. The highest BCUT2D eigenvalue weighted by molar-refractivity contribution is 6.49. The zero-order valence-electron chi connectivity index (χ0n) is 18.6. The van der Waals surface area contributed by atoms with Gasteiger partial charge in [0.2, 0.25) is 0 Å². The van der Waals surface area contributed by atoms with Crippen LogP contribution in [-0.2, 0) is 24.0 Å². The van der Waals surface area contributed by atoms with Gasteiger partial charge in [-0.3, -0.25) is 9.69 Å². The molecular formula is C25H25ClF3NO4. The van der Waals surface area contributed by atoms with Gasteiger partial charge in [-0.2, -0.15) is 13.2 Å². The van der Waals surface area contributed by atoms with E-state index < -0.39 is 17.7 Å². The number of carboxylic acids is 1. The molecular weight excluding hydrogens is 471 g/mol. The Balaban J connectivity index is 1.45. The second kappa shape index (κ2) is 9.88. The van der Waals surface area contributed by atoms with Crippen LogP contribution < -0.4 is 9.47 Å². The number of likely N-dealkylation sites (tertiary alicyclic amines) is 1. The molecule has 1 N–H and O–H groups in total. The summed E-state index contributed by atoms with van der Waals surface area (Å²) in [6.07, 6.45) is -3.05. The predicted octanol–water partition coefficient (Wildman–Crippen LogP) is 5.60. The van der Waals surface area contributed by atoms with Gasteiger partial charge in [0.15, 0.2) is 0 Å². The minimum Gasteiger partial charge on any atom is -0.494 e. The van der Waals surface area contributed by atoms with Crippen LogP contribution in [-0.4, -0.2) is 42.2 Å². The van der Waals surface area contributed by atoms with E-state index in [1.54, 1.807) is 13.0 Å². The summed E-state index contributed by atoms with van der Waals surface area (Å²) in [6.45, 7) is 3.45. The van der Waals surface area contributed by atoms with Crippen LogP contribution >= 0.6 is 11.6 Å². The molecule has 0 unspecified atom stereocenters. The van der Waals surface area contributed by atoms with Crippen molar-refractivity contribution in [3.05, 3.63) is 64.2 Å². The minimum atomic E-state index is -4.52. The first kappa shape index (κ1) is 24.4. The molecule has 1 aliphatic carbocycles. The number of nitrogens with zero attached hydrogens (tertiary/aromatic N) is 1. The lowest BCUT2D eigenvalue weighted by Crippen LogP contribution is -2.50. The maximum Gasteiger partial charge on any atom is 0.416 e. The van der Waals surface area contributed by atoms with E-state index in [4.69, 9.17) is 26.2 Å². The van der Waals surface area contributed by atoms with E-state index in [-0.39, 0.29) is 30.4 Å². The summed E-state index contributed by atoms with van der Waals surface area (Å²) in [5, 5.41) is 9.68. The Morgan fingerprint density at radius 3 is 2.50 bits per heavy atom. The van der Waals surface area contributed by atoms with Crippen molar-refractivity contribution in [1.29, 1.82) is 0 Å². The fourth-order valence-electron chi connectivity index (χ4n) is 4.30. The third-order valence-corrected chi connectivity index (χ3v) is 6.60. The van der Waals surface area contributed by atoms with Gasteiger partial charge in [0.1, 0.15) is 18.1 Å². The summed E-state index contributed by atoms with van der Waals surface area (Å²) in [7, 11) is 0. The van der Waals surface area contributed by atoms with Crippen LogP contribution in [0.4, 0.5) is 13.2 Å². The molecule has 4 rings (SSSR count). The van der Waals surface area contributed by atoms with Crippen LogP contribution in [0.3, 0.4) is 0 Å². The van der Waals surface area contributed by atoms with Crippen molar-refractivity contribution in [3.63, 3.8) is 0 Å². The molecule has 1 heterocycles. The third kappa shape index (κ3) is 5.33. The molecule has 2 aliphatic rings. The summed E-state index contributed by atoms with van der Waals surface area (Å²) in [4.78, 5) is 13.1. The van der Waals surface area contributed by atoms with Gasteiger partial charge in [-0.15, -0.1) is 0 Å². The molecule has 0 radical (unpaired) electrons. The smallest absolute Gasteiger partial charge is 0.416 e. The molecule has 1 aliphatic heterocycles.